The van der Waals surface area contributed by atoms with Crippen LogP contribution in [-0.2, 0) is 12.8 Å². The van der Waals surface area contributed by atoms with Crippen LogP contribution in [0.4, 0.5) is 0 Å². The minimum atomic E-state index is 0.921. The third-order valence-electron chi connectivity index (χ3n) is 2.86. The van der Waals surface area contributed by atoms with E-state index in [0.29, 0.717) is 0 Å². The van der Waals surface area contributed by atoms with E-state index in [1.807, 2.05) is 24.3 Å². The van der Waals surface area contributed by atoms with E-state index in [4.69, 9.17) is 0 Å². The molecule has 0 fully saturated rings. The van der Waals surface area contributed by atoms with Gasteiger partial charge in [0.15, 0.2) is 0 Å². The summed E-state index contributed by atoms with van der Waals surface area (Å²) in [7, 11) is 0. The zero-order valence-corrected chi connectivity index (χ0v) is 13.2. The minimum Gasteiger partial charge on any atom is -0.142 e. The third kappa shape index (κ3) is 3.23. The molecule has 2 aromatic rings. The van der Waals surface area contributed by atoms with Gasteiger partial charge in [0.25, 0.3) is 0 Å². The molecule has 0 N–H and O–H groups in total. The lowest BCUT2D eigenvalue weighted by Crippen LogP contribution is -1.95. The number of aryl methyl sites for hydroxylation is 2. The first-order valence-electron chi connectivity index (χ1n) is 5.59. The van der Waals surface area contributed by atoms with Crippen molar-refractivity contribution in [1.82, 2.24) is 0 Å². The number of rotatable bonds is 3. The Kier molecular flexibility index (Phi) is 5.01. The van der Waals surface area contributed by atoms with E-state index in [9.17, 15) is 0 Å². The fraction of sp³-hybridized carbons (Fsp3) is 0.143. The highest BCUT2D eigenvalue weighted by atomic mass is 32.1. The van der Waals surface area contributed by atoms with Crippen LogP contribution < -0.4 is 0 Å². The Morgan fingerprint density at radius 2 is 1.00 bits per heavy atom. The van der Waals surface area contributed by atoms with Gasteiger partial charge in [-0.2, -0.15) is 0 Å². The average Bonchev–Trinajstić information content (AvgIpc) is 2.36. The molecule has 0 bridgehead atoms. The van der Waals surface area contributed by atoms with Crippen LogP contribution in [0.1, 0.15) is 11.1 Å². The molecule has 0 saturated heterocycles. The maximum Gasteiger partial charge on any atom is 0.0206 e. The smallest absolute Gasteiger partial charge is 0.0206 e. The summed E-state index contributed by atoms with van der Waals surface area (Å²) >= 11 is 17.7. The van der Waals surface area contributed by atoms with Crippen molar-refractivity contribution in [2.75, 3.05) is 0 Å². The van der Waals surface area contributed by atoms with Crippen LogP contribution in [0.2, 0.25) is 0 Å². The molecular formula is C14H14S4. The first-order chi connectivity index (χ1) is 8.59. The molecule has 0 saturated carbocycles. The second kappa shape index (κ2) is 6.33. The summed E-state index contributed by atoms with van der Waals surface area (Å²) in [5, 5.41) is 0. The Balaban J connectivity index is 2.17. The van der Waals surface area contributed by atoms with E-state index in [2.05, 4.69) is 62.6 Å². The van der Waals surface area contributed by atoms with E-state index in [0.717, 1.165) is 32.4 Å². The van der Waals surface area contributed by atoms with Crippen molar-refractivity contribution in [2.45, 2.75) is 32.4 Å². The van der Waals surface area contributed by atoms with E-state index >= 15 is 0 Å². The highest BCUT2D eigenvalue weighted by molar-refractivity contribution is 7.84. The van der Waals surface area contributed by atoms with Crippen LogP contribution in [0, 0.1) is 0 Å². The Morgan fingerprint density at radius 3 is 1.39 bits per heavy atom. The maximum atomic E-state index is 4.49. The molecule has 0 spiro atoms. The molecular weight excluding hydrogens is 296 g/mol. The van der Waals surface area contributed by atoms with E-state index < -0.39 is 0 Å². The third-order valence-corrected chi connectivity index (χ3v) is 5.01. The molecule has 0 aliphatic rings. The molecule has 0 atom stereocenters. The molecule has 0 aliphatic heterocycles. The van der Waals surface area contributed by atoms with E-state index in [1.54, 1.807) is 0 Å². The van der Waals surface area contributed by atoms with Crippen LogP contribution >= 0.6 is 50.5 Å². The molecule has 2 aromatic carbocycles. The molecule has 18 heavy (non-hydrogen) atoms. The Morgan fingerprint density at radius 1 is 0.611 bits per heavy atom. The van der Waals surface area contributed by atoms with Crippen LogP contribution in [0.25, 0.3) is 0 Å². The highest BCUT2D eigenvalue weighted by Gasteiger charge is 2.05. The van der Waals surface area contributed by atoms with Crippen molar-refractivity contribution in [2.24, 2.45) is 0 Å². The summed E-state index contributed by atoms with van der Waals surface area (Å²) in [5.41, 5.74) is 2.42. The lowest BCUT2D eigenvalue weighted by atomic mass is 10.0. The highest BCUT2D eigenvalue weighted by Crippen LogP contribution is 2.26. The van der Waals surface area contributed by atoms with Crippen LogP contribution in [0.5, 0.6) is 0 Å². The lowest BCUT2D eigenvalue weighted by molar-refractivity contribution is 0.893. The second-order valence-corrected chi connectivity index (χ2v) is 5.93. The number of thiol groups is 4. The van der Waals surface area contributed by atoms with Gasteiger partial charge in [-0.15, -0.1) is 50.5 Å². The fourth-order valence-corrected chi connectivity index (χ4v) is 2.81. The minimum absolute atomic E-state index is 0.921. The Bertz CT molecular complexity index is 512. The SMILES string of the molecule is Sc1cccc(CCc2cccc(S)c2S)c1S. The molecule has 4 heteroatoms. The topological polar surface area (TPSA) is 0 Å². The molecule has 94 valence electrons. The van der Waals surface area contributed by atoms with Gasteiger partial charge >= 0.3 is 0 Å². The number of benzene rings is 2. The molecule has 2 rings (SSSR count). The lowest BCUT2D eigenvalue weighted by Gasteiger charge is -2.09. The van der Waals surface area contributed by atoms with Crippen molar-refractivity contribution < 1.29 is 0 Å². The molecule has 0 nitrogen and oxygen atoms in total. The predicted molar refractivity (Wildman–Crippen MR) is 89.3 cm³/mol. The molecule has 0 aromatic heterocycles. The first-order valence-corrected chi connectivity index (χ1v) is 7.38. The summed E-state index contributed by atoms with van der Waals surface area (Å²) in [6.45, 7) is 0. The maximum absolute atomic E-state index is 4.49. The number of hydrogen-bond donors (Lipinski definition) is 4. The van der Waals surface area contributed by atoms with Crippen molar-refractivity contribution in [3.05, 3.63) is 47.5 Å². The molecule has 0 radical (unpaired) electrons. The average molecular weight is 311 g/mol. The summed E-state index contributed by atoms with van der Waals surface area (Å²) in [4.78, 5) is 3.77. The monoisotopic (exact) mass is 310 g/mol. The van der Waals surface area contributed by atoms with Gasteiger partial charge in [0.2, 0.25) is 0 Å². The van der Waals surface area contributed by atoms with Gasteiger partial charge in [0.05, 0.1) is 0 Å². The van der Waals surface area contributed by atoms with E-state index in [1.165, 1.54) is 11.1 Å². The quantitative estimate of drug-likeness (QED) is 0.584. The van der Waals surface area contributed by atoms with Gasteiger partial charge in [0.1, 0.15) is 0 Å². The Labute approximate surface area is 130 Å². The van der Waals surface area contributed by atoms with Gasteiger partial charge in [-0.25, -0.2) is 0 Å². The summed E-state index contributed by atoms with van der Waals surface area (Å²) in [6, 6.07) is 12.1. The van der Waals surface area contributed by atoms with Crippen molar-refractivity contribution in [3.63, 3.8) is 0 Å². The zero-order valence-electron chi connectivity index (χ0n) is 9.67. The molecule has 0 unspecified atom stereocenters. The van der Waals surface area contributed by atoms with Gasteiger partial charge in [0, 0.05) is 19.6 Å². The zero-order chi connectivity index (χ0) is 13.1. The molecule has 0 aliphatic carbocycles. The van der Waals surface area contributed by atoms with Gasteiger partial charge in [-0.3, -0.25) is 0 Å². The van der Waals surface area contributed by atoms with Gasteiger partial charge in [-0.1, -0.05) is 24.3 Å². The first kappa shape index (κ1) is 14.3. The van der Waals surface area contributed by atoms with Crippen molar-refractivity contribution in [3.8, 4) is 0 Å². The Hall–Kier alpha value is -0.160. The van der Waals surface area contributed by atoms with E-state index in [-0.39, 0.29) is 0 Å². The fourth-order valence-electron chi connectivity index (χ4n) is 1.83. The molecule has 0 amide bonds. The van der Waals surface area contributed by atoms with Gasteiger partial charge < -0.3 is 0 Å². The van der Waals surface area contributed by atoms with Gasteiger partial charge in [-0.05, 0) is 36.1 Å². The normalized spacial score (nSPS) is 10.7. The summed E-state index contributed by atoms with van der Waals surface area (Å²) < 4.78 is 0. The van der Waals surface area contributed by atoms with Crippen LogP contribution in [-0.4, -0.2) is 0 Å². The van der Waals surface area contributed by atoms with Crippen molar-refractivity contribution in [1.29, 1.82) is 0 Å². The van der Waals surface area contributed by atoms with Crippen LogP contribution in [0.15, 0.2) is 56.0 Å². The standard InChI is InChI=1S/C14H14S4/c15-11-5-1-3-9(13(11)17)7-8-10-4-2-6-12(16)14(10)18/h1-6,15-18H,7-8H2. The second-order valence-electron chi connectivity index (χ2n) is 4.07. The summed E-state index contributed by atoms with van der Waals surface area (Å²) in [6.07, 6.45) is 1.86. The summed E-state index contributed by atoms with van der Waals surface area (Å²) in [5.74, 6) is 0. The number of hydrogen-bond acceptors (Lipinski definition) is 4. The molecule has 0 heterocycles. The van der Waals surface area contributed by atoms with Crippen molar-refractivity contribution >= 4 is 50.5 Å². The largest absolute Gasteiger partial charge is 0.142 e. The predicted octanol–water partition coefficient (Wildman–Crippen LogP) is 4.63. The van der Waals surface area contributed by atoms with Crippen LogP contribution in [0.3, 0.4) is 0 Å².